The Hall–Kier alpha value is -3.70. The highest BCUT2D eigenvalue weighted by Crippen LogP contribution is 2.30. The molecule has 0 spiro atoms. The van der Waals surface area contributed by atoms with Crippen LogP contribution in [-0.2, 0) is 17.5 Å². The van der Waals surface area contributed by atoms with Crippen molar-refractivity contribution < 1.29 is 41.0 Å². The van der Waals surface area contributed by atoms with Gasteiger partial charge in [0.1, 0.15) is 12.2 Å². The Morgan fingerprint density at radius 2 is 1.88 bits per heavy atom. The topological polar surface area (TPSA) is 75.5 Å². The SMILES string of the molecule is COc1cc(COC(=O)c2cnn(-c3ccc(C(F)(F)F)cn3)c2C)ccc1OC(F)F. The summed E-state index contributed by atoms with van der Waals surface area (Å²) in [4.78, 5) is 16.2. The summed E-state index contributed by atoms with van der Waals surface area (Å²) in [5.74, 6) is -0.781. The van der Waals surface area contributed by atoms with Gasteiger partial charge in [-0.25, -0.2) is 14.5 Å². The number of alkyl halides is 5. The molecule has 32 heavy (non-hydrogen) atoms. The van der Waals surface area contributed by atoms with E-state index in [9.17, 15) is 26.7 Å². The first-order valence-electron chi connectivity index (χ1n) is 8.97. The minimum absolute atomic E-state index is 0.0382. The summed E-state index contributed by atoms with van der Waals surface area (Å²) in [7, 11) is 1.27. The third-order valence-corrected chi connectivity index (χ3v) is 4.34. The molecule has 170 valence electrons. The Morgan fingerprint density at radius 3 is 2.47 bits per heavy atom. The molecule has 0 bridgehead atoms. The van der Waals surface area contributed by atoms with Gasteiger partial charge in [0.05, 0.1) is 24.6 Å². The molecule has 7 nitrogen and oxygen atoms in total. The number of rotatable bonds is 7. The van der Waals surface area contributed by atoms with Crippen LogP contribution in [0.5, 0.6) is 11.5 Å². The van der Waals surface area contributed by atoms with E-state index in [1.165, 1.54) is 43.1 Å². The van der Waals surface area contributed by atoms with Crippen molar-refractivity contribution in [2.45, 2.75) is 26.3 Å². The Balaban J connectivity index is 1.71. The summed E-state index contributed by atoms with van der Waals surface area (Å²) in [5, 5.41) is 3.98. The zero-order chi connectivity index (χ0) is 23.5. The fourth-order valence-electron chi connectivity index (χ4n) is 2.74. The number of pyridine rings is 1. The fraction of sp³-hybridized carbons (Fsp3) is 0.250. The van der Waals surface area contributed by atoms with E-state index in [1.54, 1.807) is 0 Å². The molecule has 0 fully saturated rings. The summed E-state index contributed by atoms with van der Waals surface area (Å²) in [6.45, 7) is -1.69. The van der Waals surface area contributed by atoms with Crippen molar-refractivity contribution in [3.63, 3.8) is 0 Å². The molecule has 0 radical (unpaired) electrons. The van der Waals surface area contributed by atoms with Gasteiger partial charge in [0.2, 0.25) is 0 Å². The summed E-state index contributed by atoms with van der Waals surface area (Å²) < 4.78 is 78.6. The molecular weight excluding hydrogens is 441 g/mol. The molecule has 1 aromatic carbocycles. The second kappa shape index (κ2) is 9.20. The highest BCUT2D eigenvalue weighted by Gasteiger charge is 2.31. The lowest BCUT2D eigenvalue weighted by molar-refractivity contribution is -0.137. The molecule has 0 aliphatic carbocycles. The average molecular weight is 457 g/mol. The number of halogens is 5. The van der Waals surface area contributed by atoms with Crippen molar-refractivity contribution in [1.82, 2.24) is 14.8 Å². The Bertz CT molecular complexity index is 1100. The molecule has 0 aliphatic rings. The van der Waals surface area contributed by atoms with Crippen LogP contribution in [0.3, 0.4) is 0 Å². The van der Waals surface area contributed by atoms with Gasteiger partial charge in [-0.05, 0) is 36.8 Å². The molecule has 0 unspecified atom stereocenters. The van der Waals surface area contributed by atoms with Crippen LogP contribution in [0, 0.1) is 6.92 Å². The third-order valence-electron chi connectivity index (χ3n) is 4.34. The number of ether oxygens (including phenoxy) is 3. The van der Waals surface area contributed by atoms with Crippen LogP contribution in [0.25, 0.3) is 5.82 Å². The molecule has 0 N–H and O–H groups in total. The van der Waals surface area contributed by atoms with E-state index in [0.29, 0.717) is 17.5 Å². The van der Waals surface area contributed by atoms with Crippen molar-refractivity contribution in [3.8, 4) is 17.3 Å². The van der Waals surface area contributed by atoms with Gasteiger partial charge in [-0.1, -0.05) is 6.07 Å². The number of methoxy groups -OCH3 is 1. The van der Waals surface area contributed by atoms with E-state index in [0.717, 1.165) is 12.1 Å². The number of carbonyl (C=O) groups excluding carboxylic acids is 1. The van der Waals surface area contributed by atoms with Gasteiger partial charge < -0.3 is 14.2 Å². The van der Waals surface area contributed by atoms with E-state index in [1.807, 2.05) is 0 Å². The van der Waals surface area contributed by atoms with Crippen LogP contribution in [0.15, 0.2) is 42.7 Å². The van der Waals surface area contributed by atoms with Crippen LogP contribution >= 0.6 is 0 Å². The number of hydrogen-bond acceptors (Lipinski definition) is 6. The maximum atomic E-state index is 12.7. The summed E-state index contributed by atoms with van der Waals surface area (Å²) >= 11 is 0. The zero-order valence-electron chi connectivity index (χ0n) is 16.7. The molecule has 0 saturated carbocycles. The lowest BCUT2D eigenvalue weighted by Crippen LogP contribution is -2.09. The minimum Gasteiger partial charge on any atom is -0.493 e. The normalized spacial score (nSPS) is 11.5. The van der Waals surface area contributed by atoms with Gasteiger partial charge >= 0.3 is 18.8 Å². The van der Waals surface area contributed by atoms with Crippen LogP contribution in [0.2, 0.25) is 0 Å². The summed E-state index contributed by atoms with van der Waals surface area (Å²) in [6, 6.07) is 6.06. The van der Waals surface area contributed by atoms with Gasteiger partial charge in [-0.2, -0.15) is 27.1 Å². The smallest absolute Gasteiger partial charge is 0.417 e. The molecule has 0 atom stereocenters. The predicted molar refractivity (Wildman–Crippen MR) is 99.8 cm³/mol. The standard InChI is InChI=1S/C20H16F5N3O4/c1-11-14(9-27-28(11)17-6-4-13(8-26-17)20(23,24)25)18(29)31-10-12-3-5-15(32-19(21)22)16(7-12)30-2/h3-9,19H,10H2,1-2H3. The lowest BCUT2D eigenvalue weighted by atomic mass is 10.2. The number of benzene rings is 1. The van der Waals surface area contributed by atoms with Crippen LogP contribution in [0.4, 0.5) is 22.0 Å². The lowest BCUT2D eigenvalue weighted by Gasteiger charge is -2.11. The zero-order valence-corrected chi connectivity index (χ0v) is 16.7. The van der Waals surface area contributed by atoms with Crippen molar-refractivity contribution >= 4 is 5.97 Å². The number of hydrogen-bond donors (Lipinski definition) is 0. The van der Waals surface area contributed by atoms with Crippen molar-refractivity contribution in [2.24, 2.45) is 0 Å². The maximum absolute atomic E-state index is 12.7. The van der Waals surface area contributed by atoms with Crippen LogP contribution in [0.1, 0.15) is 27.2 Å². The van der Waals surface area contributed by atoms with Crippen LogP contribution in [-0.4, -0.2) is 34.5 Å². The van der Waals surface area contributed by atoms with Crippen molar-refractivity contribution in [2.75, 3.05) is 7.11 Å². The summed E-state index contributed by atoms with van der Waals surface area (Å²) in [6.07, 6.45) is -2.65. The molecular formula is C20H16F5N3O4. The highest BCUT2D eigenvalue weighted by atomic mass is 19.4. The monoisotopic (exact) mass is 457 g/mol. The Labute approximate surface area is 178 Å². The first kappa shape index (κ1) is 23.0. The largest absolute Gasteiger partial charge is 0.493 e. The predicted octanol–water partition coefficient (Wildman–Crippen LogP) is 4.56. The first-order chi connectivity index (χ1) is 15.1. The van der Waals surface area contributed by atoms with Crippen LogP contribution < -0.4 is 9.47 Å². The van der Waals surface area contributed by atoms with E-state index in [-0.39, 0.29) is 29.5 Å². The van der Waals surface area contributed by atoms with E-state index in [2.05, 4.69) is 14.8 Å². The quantitative estimate of drug-likeness (QED) is 0.383. The van der Waals surface area contributed by atoms with Gasteiger partial charge in [0.25, 0.3) is 0 Å². The van der Waals surface area contributed by atoms with E-state index < -0.39 is 24.3 Å². The number of nitrogens with zero attached hydrogens (tertiary/aromatic N) is 3. The minimum atomic E-state index is -4.52. The van der Waals surface area contributed by atoms with Gasteiger partial charge in [0, 0.05) is 6.20 Å². The Kier molecular flexibility index (Phi) is 6.61. The summed E-state index contributed by atoms with van der Waals surface area (Å²) in [5.41, 5.74) is -0.0748. The second-order valence-corrected chi connectivity index (χ2v) is 6.40. The molecule has 3 rings (SSSR count). The first-order valence-corrected chi connectivity index (χ1v) is 8.97. The number of esters is 1. The van der Waals surface area contributed by atoms with E-state index in [4.69, 9.17) is 9.47 Å². The molecule has 0 saturated heterocycles. The van der Waals surface area contributed by atoms with Crippen molar-refractivity contribution in [1.29, 1.82) is 0 Å². The number of carbonyl (C=O) groups is 1. The van der Waals surface area contributed by atoms with Crippen molar-refractivity contribution in [3.05, 3.63) is 65.1 Å². The van der Waals surface area contributed by atoms with Gasteiger partial charge in [-0.3, -0.25) is 0 Å². The van der Waals surface area contributed by atoms with E-state index >= 15 is 0 Å². The number of aromatic nitrogens is 3. The maximum Gasteiger partial charge on any atom is 0.417 e. The average Bonchev–Trinajstić information content (AvgIpc) is 3.13. The molecule has 12 heteroatoms. The van der Waals surface area contributed by atoms with Gasteiger partial charge in [-0.15, -0.1) is 0 Å². The second-order valence-electron chi connectivity index (χ2n) is 6.40. The fourth-order valence-corrected chi connectivity index (χ4v) is 2.74. The molecule has 2 heterocycles. The highest BCUT2D eigenvalue weighted by molar-refractivity contribution is 5.90. The van der Waals surface area contributed by atoms with Gasteiger partial charge in [0.15, 0.2) is 17.3 Å². The molecule has 0 amide bonds. The third kappa shape index (κ3) is 5.13. The Morgan fingerprint density at radius 1 is 1.12 bits per heavy atom. The molecule has 2 aromatic heterocycles. The molecule has 0 aliphatic heterocycles. The molecule has 3 aromatic rings.